The lowest BCUT2D eigenvalue weighted by Crippen LogP contribution is -2.12. The maximum absolute atomic E-state index is 13.7. The number of halogens is 1. The first kappa shape index (κ1) is 18.0. The lowest BCUT2D eigenvalue weighted by Gasteiger charge is -2.10. The molecule has 0 saturated carbocycles. The van der Waals surface area contributed by atoms with Crippen LogP contribution in [-0.2, 0) is 10.0 Å². The van der Waals surface area contributed by atoms with Gasteiger partial charge in [0.05, 0.1) is 10.6 Å². The van der Waals surface area contributed by atoms with Crippen LogP contribution in [-0.4, -0.2) is 19.2 Å². The van der Waals surface area contributed by atoms with Gasteiger partial charge in [0.25, 0.3) is 0 Å². The lowest BCUT2D eigenvalue weighted by molar-refractivity contribution is 0.598. The molecule has 1 heterocycles. The highest BCUT2D eigenvalue weighted by molar-refractivity contribution is 7.89. The second-order valence-corrected chi connectivity index (χ2v) is 7.47. The molecular formula is C19H18FN3O2S. The van der Waals surface area contributed by atoms with E-state index in [-0.39, 0.29) is 16.4 Å². The molecular weight excluding hydrogens is 353 g/mol. The Morgan fingerprint density at radius 1 is 1.08 bits per heavy atom. The van der Waals surface area contributed by atoms with Crippen molar-refractivity contribution in [2.75, 3.05) is 0 Å². The molecule has 7 heteroatoms. The van der Waals surface area contributed by atoms with Crippen LogP contribution in [0.1, 0.15) is 17.0 Å². The summed E-state index contributed by atoms with van der Waals surface area (Å²) in [6.07, 6.45) is 1.62. The molecule has 3 rings (SSSR count). The minimum atomic E-state index is -3.73. The standard InChI is InChI=1S/C19H18FN3O2S/c1-13-11-15(12-22-19-6-4-3-5-18(19)20)14(2)23(13)16-7-9-17(10-8-16)26(21,24)25/h3-12H,1-2H3,(H2,21,24,25). The predicted molar refractivity (Wildman–Crippen MR) is 100 cm³/mol. The van der Waals surface area contributed by atoms with Gasteiger partial charge in [-0.25, -0.2) is 17.9 Å². The quantitative estimate of drug-likeness (QED) is 0.711. The number of aliphatic imine (C=N–C) groups is 1. The number of primary sulfonamides is 1. The van der Waals surface area contributed by atoms with Crippen molar-refractivity contribution in [2.45, 2.75) is 18.7 Å². The molecule has 3 aromatic rings. The van der Waals surface area contributed by atoms with Crippen LogP contribution in [0.4, 0.5) is 10.1 Å². The zero-order valence-electron chi connectivity index (χ0n) is 14.3. The largest absolute Gasteiger partial charge is 0.318 e. The number of benzene rings is 2. The Balaban J connectivity index is 1.97. The molecule has 1 aromatic heterocycles. The monoisotopic (exact) mass is 371 g/mol. The van der Waals surface area contributed by atoms with Gasteiger partial charge in [0.15, 0.2) is 0 Å². The van der Waals surface area contributed by atoms with Crippen molar-refractivity contribution in [1.29, 1.82) is 0 Å². The highest BCUT2D eigenvalue weighted by atomic mass is 32.2. The Hall–Kier alpha value is -2.77. The Morgan fingerprint density at radius 2 is 1.73 bits per heavy atom. The molecule has 0 radical (unpaired) electrons. The SMILES string of the molecule is Cc1cc(C=Nc2ccccc2F)c(C)n1-c1ccc(S(N)(=O)=O)cc1. The van der Waals surface area contributed by atoms with Gasteiger partial charge >= 0.3 is 0 Å². The van der Waals surface area contributed by atoms with E-state index in [2.05, 4.69) is 4.99 Å². The minimum absolute atomic E-state index is 0.0602. The third-order valence-electron chi connectivity index (χ3n) is 4.09. The Morgan fingerprint density at radius 3 is 2.35 bits per heavy atom. The number of hydrogen-bond acceptors (Lipinski definition) is 3. The van der Waals surface area contributed by atoms with E-state index in [4.69, 9.17) is 5.14 Å². The normalized spacial score (nSPS) is 12.0. The minimum Gasteiger partial charge on any atom is -0.318 e. The summed E-state index contributed by atoms with van der Waals surface area (Å²) < 4.78 is 38.4. The summed E-state index contributed by atoms with van der Waals surface area (Å²) in [4.78, 5) is 4.28. The molecule has 134 valence electrons. The van der Waals surface area contributed by atoms with Crippen LogP contribution in [0.25, 0.3) is 5.69 Å². The number of nitrogens with two attached hydrogens (primary N) is 1. The molecule has 0 aliphatic heterocycles. The molecule has 2 N–H and O–H groups in total. The van der Waals surface area contributed by atoms with Crippen molar-refractivity contribution in [1.82, 2.24) is 4.57 Å². The second kappa shape index (κ2) is 6.86. The molecule has 26 heavy (non-hydrogen) atoms. The van der Waals surface area contributed by atoms with E-state index in [9.17, 15) is 12.8 Å². The molecule has 0 aliphatic carbocycles. The van der Waals surface area contributed by atoms with Gasteiger partial charge in [-0.15, -0.1) is 0 Å². The summed E-state index contributed by atoms with van der Waals surface area (Å²) in [6, 6.07) is 14.6. The first-order valence-corrected chi connectivity index (χ1v) is 9.43. The first-order chi connectivity index (χ1) is 12.3. The van der Waals surface area contributed by atoms with Gasteiger partial charge in [-0.1, -0.05) is 12.1 Å². The van der Waals surface area contributed by atoms with Gasteiger partial charge in [-0.05, 0) is 56.3 Å². The van der Waals surface area contributed by atoms with Crippen LogP contribution in [0.2, 0.25) is 0 Å². The number of hydrogen-bond donors (Lipinski definition) is 1. The Bertz CT molecular complexity index is 1080. The third-order valence-corrected chi connectivity index (χ3v) is 5.02. The van der Waals surface area contributed by atoms with Crippen LogP contribution in [0.3, 0.4) is 0 Å². The molecule has 0 bridgehead atoms. The first-order valence-electron chi connectivity index (χ1n) is 7.88. The third kappa shape index (κ3) is 3.58. The van der Waals surface area contributed by atoms with Crippen molar-refractivity contribution in [3.05, 3.63) is 77.4 Å². The van der Waals surface area contributed by atoms with Crippen molar-refractivity contribution in [3.8, 4) is 5.69 Å². The van der Waals surface area contributed by atoms with E-state index >= 15 is 0 Å². The average molecular weight is 371 g/mol. The maximum atomic E-state index is 13.7. The molecule has 0 atom stereocenters. The molecule has 0 aliphatic rings. The average Bonchev–Trinajstić information content (AvgIpc) is 2.87. The lowest BCUT2D eigenvalue weighted by atomic mass is 10.2. The Kier molecular flexibility index (Phi) is 4.76. The van der Waals surface area contributed by atoms with Gasteiger partial charge in [0.2, 0.25) is 10.0 Å². The molecule has 0 unspecified atom stereocenters. The zero-order chi connectivity index (χ0) is 18.9. The Labute approximate surface area is 151 Å². The number of nitrogens with zero attached hydrogens (tertiary/aromatic N) is 2. The van der Waals surface area contributed by atoms with Crippen molar-refractivity contribution >= 4 is 21.9 Å². The van der Waals surface area contributed by atoms with Gasteiger partial charge in [0, 0.05) is 28.9 Å². The van der Waals surface area contributed by atoms with E-state index in [1.54, 1.807) is 36.5 Å². The van der Waals surface area contributed by atoms with Gasteiger partial charge < -0.3 is 4.57 Å². The van der Waals surface area contributed by atoms with E-state index in [0.717, 1.165) is 22.6 Å². The van der Waals surface area contributed by atoms with E-state index in [1.807, 2.05) is 24.5 Å². The number of aryl methyl sites for hydroxylation is 1. The molecule has 0 fully saturated rings. The molecule has 2 aromatic carbocycles. The fourth-order valence-corrected chi connectivity index (χ4v) is 3.31. The van der Waals surface area contributed by atoms with Crippen LogP contribution in [0.5, 0.6) is 0 Å². The predicted octanol–water partition coefficient (Wildman–Crippen LogP) is 3.63. The van der Waals surface area contributed by atoms with Crippen molar-refractivity contribution < 1.29 is 12.8 Å². The summed E-state index contributed by atoms with van der Waals surface area (Å²) in [5.74, 6) is -0.379. The summed E-state index contributed by atoms with van der Waals surface area (Å²) in [5.41, 5.74) is 3.78. The van der Waals surface area contributed by atoms with Crippen LogP contribution < -0.4 is 5.14 Å². The van der Waals surface area contributed by atoms with Crippen LogP contribution in [0, 0.1) is 19.7 Å². The van der Waals surface area contributed by atoms with Gasteiger partial charge in [-0.2, -0.15) is 0 Å². The van der Waals surface area contributed by atoms with E-state index in [1.165, 1.54) is 18.2 Å². The summed E-state index contributed by atoms with van der Waals surface area (Å²) >= 11 is 0. The van der Waals surface area contributed by atoms with Gasteiger partial charge in [-0.3, -0.25) is 4.99 Å². The maximum Gasteiger partial charge on any atom is 0.238 e. The molecule has 0 saturated heterocycles. The number of aromatic nitrogens is 1. The summed E-state index contributed by atoms with van der Waals surface area (Å²) in [7, 11) is -3.73. The smallest absolute Gasteiger partial charge is 0.238 e. The van der Waals surface area contributed by atoms with Crippen LogP contribution >= 0.6 is 0 Å². The van der Waals surface area contributed by atoms with E-state index < -0.39 is 10.0 Å². The highest BCUT2D eigenvalue weighted by Crippen LogP contribution is 2.22. The molecule has 0 amide bonds. The second-order valence-electron chi connectivity index (χ2n) is 5.91. The van der Waals surface area contributed by atoms with Crippen molar-refractivity contribution in [2.24, 2.45) is 10.1 Å². The number of rotatable bonds is 4. The zero-order valence-corrected chi connectivity index (χ0v) is 15.2. The number of sulfonamides is 1. The fourth-order valence-electron chi connectivity index (χ4n) is 2.80. The van der Waals surface area contributed by atoms with Crippen LogP contribution in [0.15, 0.2) is 64.5 Å². The van der Waals surface area contributed by atoms with Crippen molar-refractivity contribution in [3.63, 3.8) is 0 Å². The van der Waals surface area contributed by atoms with E-state index in [0.29, 0.717) is 0 Å². The number of para-hydroxylation sites is 1. The van der Waals surface area contributed by atoms with Gasteiger partial charge in [0.1, 0.15) is 5.82 Å². The fraction of sp³-hybridized carbons (Fsp3) is 0.105. The summed E-state index contributed by atoms with van der Waals surface area (Å²) in [6.45, 7) is 3.85. The topological polar surface area (TPSA) is 77.5 Å². The molecule has 0 spiro atoms. The summed E-state index contributed by atoms with van der Waals surface area (Å²) in [5, 5.41) is 5.13. The highest BCUT2D eigenvalue weighted by Gasteiger charge is 2.12. The molecule has 5 nitrogen and oxygen atoms in total.